The van der Waals surface area contributed by atoms with E-state index in [-0.39, 0.29) is 22.5 Å². The minimum atomic E-state index is -4.81. The number of anilines is 1. The van der Waals surface area contributed by atoms with Crippen molar-refractivity contribution in [3.05, 3.63) is 89.7 Å². The average molecular weight is 675 g/mol. The van der Waals surface area contributed by atoms with E-state index in [1.54, 1.807) is 13.0 Å². The molecule has 9 nitrogen and oxygen atoms in total. The van der Waals surface area contributed by atoms with Crippen molar-refractivity contribution in [1.82, 2.24) is 20.1 Å². The molecule has 248 valence electrons. The molecule has 0 saturated carbocycles. The first-order chi connectivity index (χ1) is 22.3. The van der Waals surface area contributed by atoms with Crippen LogP contribution in [0.4, 0.5) is 32.4 Å². The number of amidine groups is 1. The van der Waals surface area contributed by atoms with Crippen LogP contribution in [0.3, 0.4) is 0 Å². The largest absolute Gasteiger partial charge is 0.573 e. The summed E-state index contributed by atoms with van der Waals surface area (Å²) in [5.74, 6) is 0.333. The molecular weight excluding hydrogens is 643 g/mol. The smallest absolute Gasteiger partial charge is 0.406 e. The number of nitrogens with one attached hydrogen (secondary N) is 1. The van der Waals surface area contributed by atoms with Crippen molar-refractivity contribution in [2.24, 2.45) is 4.99 Å². The number of carbonyl (C=O) groups excluding carboxylic acids is 2. The second-order valence-corrected chi connectivity index (χ2v) is 11.7. The summed E-state index contributed by atoms with van der Waals surface area (Å²) in [6, 6.07) is 15.0. The Kier molecular flexibility index (Phi) is 11.3. The lowest BCUT2D eigenvalue weighted by atomic mass is 9.99. The molecule has 1 heterocycles. The summed E-state index contributed by atoms with van der Waals surface area (Å²) in [5.41, 5.74) is 3.05. The Bertz CT molecular complexity index is 1710. The quantitative estimate of drug-likeness (QED) is 0.0601. The van der Waals surface area contributed by atoms with Gasteiger partial charge in [-0.1, -0.05) is 68.9 Å². The summed E-state index contributed by atoms with van der Waals surface area (Å²) in [7, 11) is 0. The first kappa shape index (κ1) is 35.1. The minimum absolute atomic E-state index is 0.0111. The minimum Gasteiger partial charge on any atom is -0.406 e. The molecule has 2 atom stereocenters. The molecule has 0 fully saturated rings. The van der Waals surface area contributed by atoms with Gasteiger partial charge in [-0.25, -0.2) is 23.2 Å². The second kappa shape index (κ2) is 15.2. The van der Waals surface area contributed by atoms with Crippen molar-refractivity contribution < 1.29 is 36.3 Å². The first-order valence-electron chi connectivity index (χ1n) is 14.3. The number of amides is 3. The lowest BCUT2D eigenvalue weighted by Gasteiger charge is -2.24. The molecule has 0 aliphatic carbocycles. The SMILES string of the molecule is CCSC(=NC(=O)NC(F)C(F)c1ccc(-c2ncn(-c3ccc(OC(F)(F)F)cc3)n2)cc1)N(C=O)c1cc(C)ccc1C(C)C. The Labute approximate surface area is 271 Å². The molecule has 47 heavy (non-hydrogen) atoms. The molecule has 4 aromatic rings. The molecule has 4 rings (SSSR count). The standard InChI is InChI=1S/C32H31F5N6O3S/c1-5-47-31(42(18-44)26-16-20(4)6-15-25(26)19(2)3)40-30(45)39-28(34)27(33)21-7-9-22(10-8-21)29-38-17-43(41-29)23-11-13-24(14-12-23)46-32(35,36)37/h6-19,27-28H,5H2,1-4H3,(H,39,45). The molecule has 0 aliphatic rings. The Balaban J connectivity index is 1.44. The number of hydrogen-bond acceptors (Lipinski definition) is 6. The Hall–Kier alpha value is -4.79. The van der Waals surface area contributed by atoms with E-state index in [2.05, 4.69) is 19.8 Å². The molecule has 1 aromatic heterocycles. The van der Waals surface area contributed by atoms with Crippen LogP contribution in [-0.2, 0) is 4.79 Å². The van der Waals surface area contributed by atoms with Gasteiger partial charge >= 0.3 is 12.4 Å². The van der Waals surface area contributed by atoms with Crippen molar-refractivity contribution in [1.29, 1.82) is 0 Å². The van der Waals surface area contributed by atoms with Crippen LogP contribution in [0.25, 0.3) is 17.1 Å². The van der Waals surface area contributed by atoms with Crippen molar-refractivity contribution >= 4 is 35.1 Å². The molecule has 0 aliphatic heterocycles. The van der Waals surface area contributed by atoms with Crippen LogP contribution in [-0.4, -0.2) is 50.8 Å². The number of aliphatic imine (C=N–C) groups is 1. The van der Waals surface area contributed by atoms with Crippen LogP contribution < -0.4 is 15.0 Å². The number of alkyl halides is 5. The van der Waals surface area contributed by atoms with Crippen molar-refractivity contribution in [3.63, 3.8) is 0 Å². The van der Waals surface area contributed by atoms with Crippen LogP contribution in [0.1, 0.15) is 49.6 Å². The number of benzene rings is 3. The fourth-order valence-corrected chi connectivity index (χ4v) is 5.14. The van der Waals surface area contributed by atoms with Gasteiger partial charge in [-0.05, 0) is 65.6 Å². The highest BCUT2D eigenvalue weighted by Gasteiger charge is 2.31. The zero-order valence-electron chi connectivity index (χ0n) is 25.7. The van der Waals surface area contributed by atoms with Crippen molar-refractivity contribution in [2.75, 3.05) is 10.7 Å². The highest BCUT2D eigenvalue weighted by atomic mass is 32.2. The summed E-state index contributed by atoms with van der Waals surface area (Å²) in [5, 5.41) is 6.20. The van der Waals surface area contributed by atoms with Gasteiger partial charge in [0.2, 0.25) is 12.7 Å². The molecule has 3 amide bonds. The third-order valence-electron chi connectivity index (χ3n) is 6.68. The zero-order chi connectivity index (χ0) is 34.3. The number of ether oxygens (including phenoxy) is 1. The number of hydrogen-bond donors (Lipinski definition) is 1. The summed E-state index contributed by atoms with van der Waals surface area (Å²) in [4.78, 5) is 34.2. The molecule has 15 heteroatoms. The van der Waals surface area contributed by atoms with Gasteiger partial charge < -0.3 is 10.1 Å². The fraction of sp³-hybridized carbons (Fsp3) is 0.281. The van der Waals surface area contributed by atoms with E-state index < -0.39 is 30.6 Å². The van der Waals surface area contributed by atoms with E-state index in [1.165, 1.54) is 52.3 Å². The van der Waals surface area contributed by atoms with E-state index in [9.17, 15) is 27.2 Å². The van der Waals surface area contributed by atoms with Gasteiger partial charge in [-0.3, -0.25) is 9.69 Å². The maximum Gasteiger partial charge on any atom is 0.573 e. The lowest BCUT2D eigenvalue weighted by Crippen LogP contribution is -2.35. The fourth-order valence-electron chi connectivity index (χ4n) is 4.46. The normalized spacial score (nSPS) is 13.3. The maximum absolute atomic E-state index is 15.1. The summed E-state index contributed by atoms with van der Waals surface area (Å²) >= 11 is 1.10. The summed E-state index contributed by atoms with van der Waals surface area (Å²) in [6.45, 7) is 7.58. The number of rotatable bonds is 10. The van der Waals surface area contributed by atoms with Gasteiger partial charge in [0.05, 0.1) is 11.4 Å². The summed E-state index contributed by atoms with van der Waals surface area (Å²) in [6.07, 6.45) is -7.65. The van der Waals surface area contributed by atoms with Gasteiger partial charge in [0.1, 0.15) is 12.1 Å². The molecule has 1 N–H and O–H groups in total. The number of carbonyl (C=O) groups is 2. The van der Waals surface area contributed by atoms with Crippen LogP contribution in [0.5, 0.6) is 5.75 Å². The van der Waals surface area contributed by atoms with Crippen LogP contribution in [0.2, 0.25) is 0 Å². The second-order valence-electron chi connectivity index (χ2n) is 10.4. The van der Waals surface area contributed by atoms with Gasteiger partial charge in [-0.15, -0.1) is 18.3 Å². The Morgan fingerprint density at radius 2 is 1.77 bits per heavy atom. The van der Waals surface area contributed by atoms with E-state index in [4.69, 9.17) is 0 Å². The highest BCUT2D eigenvalue weighted by Crippen LogP contribution is 2.31. The van der Waals surface area contributed by atoms with E-state index in [0.717, 1.165) is 35.0 Å². The lowest BCUT2D eigenvalue weighted by molar-refractivity contribution is -0.274. The molecule has 0 radical (unpaired) electrons. The molecule has 0 bridgehead atoms. The van der Waals surface area contributed by atoms with E-state index in [0.29, 0.717) is 29.1 Å². The van der Waals surface area contributed by atoms with Gasteiger partial charge in [0, 0.05) is 5.56 Å². The van der Waals surface area contributed by atoms with Crippen molar-refractivity contribution in [3.8, 4) is 22.8 Å². The summed E-state index contributed by atoms with van der Waals surface area (Å²) < 4.78 is 72.5. The highest BCUT2D eigenvalue weighted by molar-refractivity contribution is 8.14. The predicted molar refractivity (Wildman–Crippen MR) is 170 cm³/mol. The van der Waals surface area contributed by atoms with Crippen LogP contribution in [0, 0.1) is 6.92 Å². The monoisotopic (exact) mass is 674 g/mol. The molecule has 3 aromatic carbocycles. The predicted octanol–water partition coefficient (Wildman–Crippen LogP) is 8.05. The Morgan fingerprint density at radius 3 is 2.36 bits per heavy atom. The third-order valence-corrected chi connectivity index (χ3v) is 7.52. The third kappa shape index (κ3) is 9.15. The number of thioether (sulfide) groups is 1. The van der Waals surface area contributed by atoms with Gasteiger partial charge in [0.25, 0.3) is 0 Å². The molecule has 0 spiro atoms. The van der Waals surface area contributed by atoms with Crippen LogP contribution in [0.15, 0.2) is 78.0 Å². The van der Waals surface area contributed by atoms with Crippen molar-refractivity contribution in [2.45, 2.75) is 52.4 Å². The van der Waals surface area contributed by atoms with E-state index >= 15 is 4.39 Å². The molecule has 2 unspecified atom stereocenters. The van der Waals surface area contributed by atoms with Gasteiger partial charge in [-0.2, -0.15) is 4.99 Å². The van der Waals surface area contributed by atoms with E-state index in [1.807, 2.05) is 38.2 Å². The topological polar surface area (TPSA) is 102 Å². The number of aryl methyl sites for hydroxylation is 1. The first-order valence-corrected chi connectivity index (χ1v) is 15.3. The molecule has 0 saturated heterocycles. The zero-order valence-corrected chi connectivity index (χ0v) is 26.5. The van der Waals surface area contributed by atoms with Crippen LogP contribution >= 0.6 is 11.8 Å². The Morgan fingerprint density at radius 1 is 1.09 bits per heavy atom. The number of aromatic nitrogens is 3. The van der Waals surface area contributed by atoms with Gasteiger partial charge in [0.15, 0.2) is 17.2 Å². The number of nitrogens with zero attached hydrogens (tertiary/aromatic N) is 5. The maximum atomic E-state index is 15.1. The number of urea groups is 1. The number of halogens is 5. The average Bonchev–Trinajstić information content (AvgIpc) is 3.51. The molecular formula is C32H31F5N6O3S.